The lowest BCUT2D eigenvalue weighted by Gasteiger charge is -2.47. The number of benzene rings is 2. The maximum Gasteiger partial charge on any atom is 0.380 e. The summed E-state index contributed by atoms with van der Waals surface area (Å²) in [6.07, 6.45) is 2.68. The molecule has 2 aliphatic heterocycles. The zero-order chi connectivity index (χ0) is 31.3. The van der Waals surface area contributed by atoms with E-state index in [2.05, 4.69) is 0 Å². The Morgan fingerprint density at radius 3 is 1.23 bits per heavy atom. The van der Waals surface area contributed by atoms with Crippen molar-refractivity contribution in [3.05, 3.63) is 94.1 Å². The fourth-order valence-electron chi connectivity index (χ4n) is 5.90. The first kappa shape index (κ1) is 30.7. The molecule has 2 unspecified atom stereocenters. The summed E-state index contributed by atoms with van der Waals surface area (Å²) in [7, 11) is 0. The monoisotopic (exact) mass is 668 g/mol. The van der Waals surface area contributed by atoms with Crippen molar-refractivity contribution in [3.63, 3.8) is 0 Å². The molecule has 2 heterocycles. The average Bonchev–Trinajstić information content (AvgIpc) is 3.49. The first-order valence-electron chi connectivity index (χ1n) is 13.0. The molecule has 0 bridgehead atoms. The Labute approximate surface area is 260 Å². The van der Waals surface area contributed by atoms with Crippen LogP contribution in [0.15, 0.2) is 92.8 Å². The second kappa shape index (κ2) is 9.86. The molecular weight excluding hydrogens is 647 g/mol. The van der Waals surface area contributed by atoms with Gasteiger partial charge in [0.1, 0.15) is 0 Å². The third kappa shape index (κ3) is 4.29. The van der Waals surface area contributed by atoms with Crippen molar-refractivity contribution >= 4 is 67.1 Å². The molecule has 0 radical (unpaired) electrons. The number of alkyl halides is 6. The molecule has 0 amide bonds. The van der Waals surface area contributed by atoms with Crippen LogP contribution in [-0.4, -0.2) is 37.5 Å². The molecule has 0 N–H and O–H groups in total. The van der Waals surface area contributed by atoms with E-state index in [9.17, 15) is 9.59 Å². The van der Waals surface area contributed by atoms with Gasteiger partial charge in [0.25, 0.3) is 0 Å². The van der Waals surface area contributed by atoms with Crippen LogP contribution in [0.4, 0.5) is 26.3 Å². The second-order valence-electron chi connectivity index (χ2n) is 10.8. The lowest BCUT2D eigenvalue weighted by atomic mass is 9.71. The van der Waals surface area contributed by atoms with Crippen LogP contribution in [0, 0.1) is 0 Å². The number of halogens is 6. The Bertz CT molecular complexity index is 1600. The smallest absolute Gasteiger partial charge is 0.287 e. The van der Waals surface area contributed by atoms with E-state index in [-0.39, 0.29) is 21.4 Å². The van der Waals surface area contributed by atoms with E-state index in [4.69, 9.17) is 0 Å². The minimum Gasteiger partial charge on any atom is -0.287 e. The zero-order valence-corrected chi connectivity index (χ0v) is 26.3. The zero-order valence-electron chi connectivity index (χ0n) is 23.0. The van der Waals surface area contributed by atoms with Crippen LogP contribution < -0.4 is 0 Å². The molecule has 2 nitrogen and oxygen atoms in total. The van der Waals surface area contributed by atoms with Crippen LogP contribution in [0.5, 0.6) is 0 Å². The van der Waals surface area contributed by atoms with Crippen LogP contribution >= 0.6 is 47.0 Å². The molecule has 1 saturated carbocycles. The summed E-state index contributed by atoms with van der Waals surface area (Å²) in [5.41, 5.74) is -1.93. The van der Waals surface area contributed by atoms with Crippen LogP contribution in [-0.2, 0) is 9.59 Å². The molecule has 6 rings (SSSR count). The molecule has 2 aromatic rings. The largest absolute Gasteiger partial charge is 0.380 e. The van der Waals surface area contributed by atoms with E-state index in [0.29, 0.717) is 30.7 Å². The van der Waals surface area contributed by atoms with Gasteiger partial charge in [-0.15, -0.1) is 23.5 Å². The van der Waals surface area contributed by atoms with Crippen LogP contribution in [0.25, 0.3) is 9.81 Å². The molecule has 1 fully saturated rings. The molecule has 43 heavy (non-hydrogen) atoms. The van der Waals surface area contributed by atoms with Gasteiger partial charge < -0.3 is 0 Å². The van der Waals surface area contributed by atoms with Gasteiger partial charge >= 0.3 is 17.8 Å². The van der Waals surface area contributed by atoms with Gasteiger partial charge in [-0.2, -0.15) is 26.3 Å². The number of hydrogen-bond donors (Lipinski definition) is 0. The molecule has 4 aliphatic rings. The highest BCUT2D eigenvalue weighted by Crippen LogP contribution is 2.75. The third-order valence-corrected chi connectivity index (χ3v) is 13.1. The van der Waals surface area contributed by atoms with Crippen molar-refractivity contribution < 1.29 is 35.9 Å². The van der Waals surface area contributed by atoms with Crippen molar-refractivity contribution in [2.24, 2.45) is 0 Å². The van der Waals surface area contributed by atoms with Crippen LogP contribution in [0.1, 0.15) is 38.8 Å². The first-order chi connectivity index (χ1) is 19.9. The number of carbonyl (C=O) groups is 2. The topological polar surface area (TPSA) is 34.1 Å². The molecular formula is C31H22F6O2S4. The summed E-state index contributed by atoms with van der Waals surface area (Å²) in [5, 5.41) is -0.239. The summed E-state index contributed by atoms with van der Waals surface area (Å²) >= 11 is 4.40. The van der Waals surface area contributed by atoms with Gasteiger partial charge in [-0.3, -0.25) is 9.59 Å². The van der Waals surface area contributed by atoms with E-state index < -0.39 is 38.4 Å². The molecule has 0 aromatic heterocycles. The highest BCUT2D eigenvalue weighted by atomic mass is 32.2. The summed E-state index contributed by atoms with van der Waals surface area (Å²) < 4.78 is 89.6. The normalized spacial score (nSPS) is 27.9. The minimum atomic E-state index is -5.63. The number of hydrogen-bond acceptors (Lipinski definition) is 6. The summed E-state index contributed by atoms with van der Waals surface area (Å²) in [6, 6.07) is 13.5. The van der Waals surface area contributed by atoms with Crippen molar-refractivity contribution in [2.75, 3.05) is 0 Å². The molecule has 2 aromatic carbocycles. The van der Waals surface area contributed by atoms with E-state index in [1.807, 2.05) is 0 Å². The Kier molecular flexibility index (Phi) is 7.05. The molecule has 0 saturated heterocycles. The van der Waals surface area contributed by atoms with Crippen molar-refractivity contribution in [3.8, 4) is 0 Å². The average molecular weight is 669 g/mol. The van der Waals surface area contributed by atoms with Crippen molar-refractivity contribution in [1.82, 2.24) is 0 Å². The Morgan fingerprint density at radius 1 is 0.605 bits per heavy atom. The predicted octanol–water partition coefficient (Wildman–Crippen LogP) is 9.88. The lowest BCUT2D eigenvalue weighted by Crippen LogP contribution is -2.48. The number of rotatable bonds is 4. The van der Waals surface area contributed by atoms with Crippen LogP contribution in [0.2, 0.25) is 0 Å². The van der Waals surface area contributed by atoms with Gasteiger partial charge in [-0.05, 0) is 72.5 Å². The molecule has 224 valence electrons. The number of carbonyl (C=O) groups excluding carboxylic acids is 2. The maximum atomic E-state index is 15.6. The van der Waals surface area contributed by atoms with Crippen molar-refractivity contribution in [2.45, 2.75) is 64.7 Å². The molecule has 2 aliphatic carbocycles. The van der Waals surface area contributed by atoms with Gasteiger partial charge in [0.05, 0.1) is 9.49 Å². The third-order valence-electron chi connectivity index (χ3n) is 8.12. The summed E-state index contributed by atoms with van der Waals surface area (Å²) in [4.78, 5) is 25.3. The number of thioether (sulfide) groups is 4. The number of fused-ring (bicyclic) bond motifs is 4. The van der Waals surface area contributed by atoms with E-state index in [0.717, 1.165) is 23.5 Å². The van der Waals surface area contributed by atoms with E-state index >= 15 is 26.3 Å². The molecule has 0 spiro atoms. The fourth-order valence-corrected chi connectivity index (χ4v) is 10.3. The maximum absolute atomic E-state index is 15.6. The highest BCUT2D eigenvalue weighted by molar-refractivity contribution is 8.14. The first-order valence-corrected chi connectivity index (χ1v) is 16.2. The molecule has 2 atom stereocenters. The quantitative estimate of drug-likeness (QED) is 0.238. The van der Waals surface area contributed by atoms with Gasteiger partial charge in [-0.1, -0.05) is 47.8 Å². The van der Waals surface area contributed by atoms with Crippen LogP contribution in [0.3, 0.4) is 0 Å². The van der Waals surface area contributed by atoms with Gasteiger partial charge in [0.15, 0.2) is 10.2 Å². The summed E-state index contributed by atoms with van der Waals surface area (Å²) in [5.74, 6) is -15.9. The minimum absolute atomic E-state index is 0.120. The van der Waals surface area contributed by atoms with Crippen molar-refractivity contribution in [1.29, 1.82) is 0 Å². The predicted molar refractivity (Wildman–Crippen MR) is 163 cm³/mol. The molecule has 12 heteroatoms. The van der Waals surface area contributed by atoms with Gasteiger partial charge in [-0.25, -0.2) is 0 Å². The van der Waals surface area contributed by atoms with E-state index in [1.165, 1.54) is 49.5 Å². The fraction of sp³-hybridized carbons (Fsp3) is 0.290. The lowest BCUT2D eigenvalue weighted by molar-refractivity contribution is -0.258. The standard InChI is InChI=1S/C31H22F6O2S4/c1-15(38)40-19-9-5-17(6-10-19)23-13-21-25-26(30(34,35)31(36,37)29(25,32)33)22-14-24(43-28(22,4)27(21,3)42-23)18-7-11-20(12-8-18)41-16(2)39/h5-14H,1-4H3. The SMILES string of the molecule is CC(=O)Sc1ccc(C2=CC3=C4C(=C5C=C(c6ccc(SC(C)=O)cc6)SC5(C)C3(C)S2)C(F)(F)C(F)(F)C4(F)F)cc1. The number of allylic oxidation sites excluding steroid dienone is 4. The Morgan fingerprint density at radius 2 is 0.930 bits per heavy atom. The highest BCUT2D eigenvalue weighted by Gasteiger charge is 2.84. The summed E-state index contributed by atoms with van der Waals surface area (Å²) in [6.45, 7) is 6.12. The van der Waals surface area contributed by atoms with Gasteiger partial charge in [0, 0.05) is 44.6 Å². The Hall–Kier alpha value is -2.28. The van der Waals surface area contributed by atoms with E-state index in [1.54, 1.807) is 62.4 Å². The van der Waals surface area contributed by atoms with Gasteiger partial charge in [0.2, 0.25) is 0 Å². The second-order valence-corrected chi connectivity index (χ2v) is 16.2. The Balaban J connectivity index is 1.53.